The van der Waals surface area contributed by atoms with Crippen molar-refractivity contribution in [2.75, 3.05) is 0 Å². The van der Waals surface area contributed by atoms with Gasteiger partial charge >= 0.3 is 5.97 Å². The summed E-state index contributed by atoms with van der Waals surface area (Å²) < 4.78 is 4.47. The predicted molar refractivity (Wildman–Crippen MR) is 32.9 cm³/mol. The fraction of sp³-hybridized carbons (Fsp3) is 0.400. The van der Waals surface area contributed by atoms with Gasteiger partial charge in [0.05, 0.1) is 0 Å². The molecule has 1 heterocycles. The molecular formula is C5H5O3S+. The van der Waals surface area contributed by atoms with Gasteiger partial charge in [0.15, 0.2) is 5.12 Å². The maximum absolute atomic E-state index is 10.3. The minimum Gasteiger partial charge on any atom is -0.287 e. The van der Waals surface area contributed by atoms with Crippen molar-refractivity contribution < 1.29 is 14.0 Å². The third-order valence-electron chi connectivity index (χ3n) is 0.774. The highest BCUT2D eigenvalue weighted by atomic mass is 32.2. The summed E-state index contributed by atoms with van der Waals surface area (Å²) in [5.41, 5.74) is 0. The van der Waals surface area contributed by atoms with Crippen LogP contribution in [0.2, 0.25) is 0 Å². The molecule has 0 N–H and O–H groups in total. The average molecular weight is 145 g/mol. The first-order valence-corrected chi connectivity index (χ1v) is 3.25. The predicted octanol–water partition coefficient (Wildman–Crippen LogP) is 0.259. The van der Waals surface area contributed by atoms with Gasteiger partial charge in [-0.2, -0.15) is 0 Å². The number of thioether (sulfide) groups is 1. The van der Waals surface area contributed by atoms with Crippen LogP contribution in [-0.2, 0) is 14.0 Å². The molecule has 1 aliphatic rings. The maximum Gasteiger partial charge on any atom is 0.591 e. The van der Waals surface area contributed by atoms with Crippen LogP contribution in [0.5, 0.6) is 0 Å². The topological polar surface area (TPSA) is 45.4 Å². The molecule has 48 valence electrons. The number of carbonyl (C=O) groups excluding carboxylic acids is 3. The van der Waals surface area contributed by atoms with Gasteiger partial charge in [0.1, 0.15) is 0 Å². The van der Waals surface area contributed by atoms with Crippen LogP contribution in [0.3, 0.4) is 0 Å². The number of hydrogen-bond acceptors (Lipinski definition) is 3. The highest BCUT2D eigenvalue weighted by molar-refractivity contribution is 8.26. The Balaban J connectivity index is 2.41. The summed E-state index contributed by atoms with van der Waals surface area (Å²) >= 11 is 0.980. The highest BCUT2D eigenvalue weighted by Gasteiger charge is 2.35. The Labute approximate surface area is 56.1 Å². The molecule has 0 spiro atoms. The average Bonchev–Trinajstić information content (AvgIpc) is 1.60. The van der Waals surface area contributed by atoms with Gasteiger partial charge in [-0.1, -0.05) is 0 Å². The van der Waals surface area contributed by atoms with Crippen molar-refractivity contribution in [3.63, 3.8) is 0 Å². The van der Waals surface area contributed by atoms with E-state index in [2.05, 4.69) is 4.42 Å². The highest BCUT2D eigenvalue weighted by Crippen LogP contribution is 2.13. The third kappa shape index (κ3) is 1.64. The number of hydrogen-bond donors (Lipinski definition) is 0. The van der Waals surface area contributed by atoms with E-state index < -0.39 is 0 Å². The van der Waals surface area contributed by atoms with Gasteiger partial charge in [-0.25, -0.2) is 0 Å². The maximum atomic E-state index is 10.3. The van der Waals surface area contributed by atoms with Gasteiger partial charge < -0.3 is 0 Å². The van der Waals surface area contributed by atoms with Gasteiger partial charge in [0, 0.05) is 23.5 Å². The van der Waals surface area contributed by atoms with Crippen molar-refractivity contribution >= 4 is 28.0 Å². The Morgan fingerprint density at radius 3 is 2.67 bits per heavy atom. The van der Waals surface area contributed by atoms with Crippen LogP contribution in [0.25, 0.3) is 0 Å². The first-order chi connectivity index (χ1) is 4.18. The van der Waals surface area contributed by atoms with E-state index in [1.165, 1.54) is 6.92 Å². The van der Waals surface area contributed by atoms with Crippen LogP contribution in [0.15, 0.2) is 0 Å². The third-order valence-corrected chi connectivity index (χ3v) is 1.52. The summed E-state index contributed by atoms with van der Waals surface area (Å²) in [6.07, 6.45) is 0.296. The van der Waals surface area contributed by atoms with E-state index in [9.17, 15) is 9.59 Å². The molecule has 1 aliphatic heterocycles. The van der Waals surface area contributed by atoms with E-state index in [0.29, 0.717) is 11.5 Å². The quantitative estimate of drug-likeness (QED) is 0.363. The Morgan fingerprint density at radius 2 is 2.33 bits per heavy atom. The fourth-order valence-corrected chi connectivity index (χ4v) is 1.10. The minimum absolute atomic E-state index is 0.0440. The van der Waals surface area contributed by atoms with Crippen LogP contribution in [0.1, 0.15) is 13.3 Å². The number of carbonyl (C=O) groups is 2. The molecule has 0 radical (unpaired) electrons. The molecular weight excluding hydrogens is 140 g/mol. The summed E-state index contributed by atoms with van der Waals surface area (Å²) in [5.74, 6) is -0.251. The monoisotopic (exact) mass is 145 g/mol. The molecule has 0 amide bonds. The zero-order valence-corrected chi connectivity index (χ0v) is 5.66. The summed E-state index contributed by atoms with van der Waals surface area (Å²) in [5, 5.41) is 0.477. The van der Waals surface area contributed by atoms with Crippen molar-refractivity contribution in [1.29, 1.82) is 0 Å². The molecule has 0 saturated heterocycles. The van der Waals surface area contributed by atoms with Gasteiger partial charge in [0.25, 0.3) is 5.12 Å². The van der Waals surface area contributed by atoms with Crippen molar-refractivity contribution in [3.05, 3.63) is 0 Å². The Morgan fingerprint density at radius 1 is 1.78 bits per heavy atom. The van der Waals surface area contributed by atoms with E-state index in [1.54, 1.807) is 0 Å². The second-order valence-electron chi connectivity index (χ2n) is 1.62. The molecule has 0 aromatic heterocycles. The minimum atomic E-state index is -0.251. The molecule has 1 rings (SSSR count). The Kier molecular flexibility index (Phi) is 1.66. The SMILES string of the molecule is CC(=O)SC1=[O+]C(=O)C1. The van der Waals surface area contributed by atoms with Gasteiger partial charge in [-0.05, 0) is 0 Å². The van der Waals surface area contributed by atoms with Crippen LogP contribution in [0, 0.1) is 0 Å². The van der Waals surface area contributed by atoms with Crippen molar-refractivity contribution in [1.82, 2.24) is 0 Å². The van der Waals surface area contributed by atoms with E-state index in [0.717, 1.165) is 11.8 Å². The zero-order valence-electron chi connectivity index (χ0n) is 4.84. The standard InChI is InChI=1S/C5H5O3S/c1-3(6)9-5-2-4(7)8-5/h2H2,1H3/q+1. The molecule has 9 heavy (non-hydrogen) atoms. The molecule has 4 heteroatoms. The van der Waals surface area contributed by atoms with E-state index >= 15 is 0 Å². The lowest BCUT2D eigenvalue weighted by molar-refractivity contribution is -0.393. The lowest BCUT2D eigenvalue weighted by Crippen LogP contribution is -2.20. The van der Waals surface area contributed by atoms with E-state index in [1.807, 2.05) is 0 Å². The zero-order chi connectivity index (χ0) is 6.85. The Bertz CT molecular complexity index is 194. The van der Waals surface area contributed by atoms with E-state index in [-0.39, 0.29) is 11.1 Å². The van der Waals surface area contributed by atoms with Crippen LogP contribution in [0.4, 0.5) is 0 Å². The molecule has 0 aromatic rings. The Hall–Kier alpha value is -0.640. The molecule has 0 unspecified atom stereocenters. The lowest BCUT2D eigenvalue weighted by Gasteiger charge is -1.95. The molecule has 0 atom stereocenters. The van der Waals surface area contributed by atoms with Crippen molar-refractivity contribution in [2.45, 2.75) is 13.3 Å². The molecule has 0 aliphatic carbocycles. The van der Waals surface area contributed by atoms with Gasteiger partial charge in [-0.3, -0.25) is 9.22 Å². The fourth-order valence-electron chi connectivity index (χ4n) is 0.454. The van der Waals surface area contributed by atoms with Crippen molar-refractivity contribution in [2.24, 2.45) is 0 Å². The summed E-state index contributed by atoms with van der Waals surface area (Å²) in [7, 11) is 0. The van der Waals surface area contributed by atoms with Crippen molar-refractivity contribution in [3.8, 4) is 0 Å². The molecule has 3 nitrogen and oxygen atoms in total. The molecule has 0 fully saturated rings. The second kappa shape index (κ2) is 2.31. The normalized spacial score (nSPS) is 16.6. The molecule has 0 saturated carbocycles. The number of rotatable bonds is 0. The first kappa shape index (κ1) is 6.48. The largest absolute Gasteiger partial charge is 0.591 e. The van der Waals surface area contributed by atoms with Crippen LogP contribution in [-0.4, -0.2) is 16.2 Å². The van der Waals surface area contributed by atoms with Gasteiger partial charge in [0.2, 0.25) is 6.42 Å². The van der Waals surface area contributed by atoms with Gasteiger partial charge in [-0.15, -0.1) is 0 Å². The molecule has 0 bridgehead atoms. The lowest BCUT2D eigenvalue weighted by atomic mass is 10.4. The van der Waals surface area contributed by atoms with E-state index in [4.69, 9.17) is 0 Å². The summed E-state index contributed by atoms with van der Waals surface area (Å²) in [6.45, 7) is 1.43. The van der Waals surface area contributed by atoms with Crippen LogP contribution >= 0.6 is 11.8 Å². The smallest absolute Gasteiger partial charge is 0.287 e. The first-order valence-electron chi connectivity index (χ1n) is 2.43. The summed E-state index contributed by atoms with van der Waals surface area (Å²) in [6, 6.07) is 0. The van der Waals surface area contributed by atoms with Crippen LogP contribution < -0.4 is 0 Å². The second-order valence-corrected chi connectivity index (χ2v) is 2.85. The molecule has 0 aromatic carbocycles. The summed E-state index contributed by atoms with van der Waals surface area (Å²) in [4.78, 5) is 20.4.